The molecular weight excluding hydrogens is 589 g/mol. The minimum Gasteiger partial charge on any atom is -0.478 e. The number of aryl methyl sites for hydroxylation is 1. The van der Waals surface area contributed by atoms with Crippen molar-refractivity contribution in [3.8, 4) is 0 Å². The van der Waals surface area contributed by atoms with E-state index in [1.165, 1.54) is 34.6 Å². The summed E-state index contributed by atoms with van der Waals surface area (Å²) in [5.74, 6) is -1.16. The SMILES string of the molecule is Cc1cc2c(cc1S(=O)(=O)NC1CCN(S(=O)(=O)c3ccc(C(=O)O)cc3)CC1)S(O)(O)c1ccccc1C2(C)C. The highest BCUT2D eigenvalue weighted by Gasteiger charge is 2.42. The van der Waals surface area contributed by atoms with Gasteiger partial charge in [-0.2, -0.15) is 4.31 Å². The lowest BCUT2D eigenvalue weighted by Gasteiger charge is -2.46. The van der Waals surface area contributed by atoms with E-state index < -0.39 is 48.1 Å². The van der Waals surface area contributed by atoms with Crippen molar-refractivity contribution in [3.63, 3.8) is 0 Å². The maximum Gasteiger partial charge on any atom is 0.335 e. The van der Waals surface area contributed by atoms with Gasteiger partial charge in [-0.05, 0) is 72.9 Å². The van der Waals surface area contributed by atoms with Crippen LogP contribution in [-0.4, -0.2) is 60.5 Å². The minimum atomic E-state index is -4.09. The molecule has 2 aliphatic heterocycles. The molecule has 0 radical (unpaired) electrons. The summed E-state index contributed by atoms with van der Waals surface area (Å²) in [5, 5.41) is 9.06. The third-order valence-corrected chi connectivity index (χ3v) is 13.4. The van der Waals surface area contributed by atoms with Crippen molar-refractivity contribution in [2.45, 2.75) is 64.7 Å². The van der Waals surface area contributed by atoms with E-state index in [0.717, 1.165) is 5.56 Å². The number of nitrogens with zero attached hydrogens (tertiary/aromatic N) is 1. The second-order valence-electron chi connectivity index (χ2n) is 10.9. The molecule has 3 aromatic rings. The minimum absolute atomic E-state index is 0.0245. The zero-order valence-corrected chi connectivity index (χ0v) is 25.2. The number of carbonyl (C=O) groups is 1. The zero-order chi connectivity index (χ0) is 30.0. The van der Waals surface area contributed by atoms with Crippen molar-refractivity contribution in [3.05, 3.63) is 82.9 Å². The third kappa shape index (κ3) is 5.09. The van der Waals surface area contributed by atoms with E-state index in [9.17, 15) is 30.7 Å². The van der Waals surface area contributed by atoms with Crippen LogP contribution in [-0.2, 0) is 25.5 Å². The molecule has 220 valence electrons. The van der Waals surface area contributed by atoms with Gasteiger partial charge in [0.25, 0.3) is 0 Å². The second kappa shape index (κ2) is 10.2. The number of carboxylic acids is 1. The quantitative estimate of drug-likeness (QED) is 0.310. The molecule has 0 atom stereocenters. The van der Waals surface area contributed by atoms with Gasteiger partial charge < -0.3 is 5.11 Å². The van der Waals surface area contributed by atoms with Crippen molar-refractivity contribution in [1.82, 2.24) is 9.03 Å². The Balaban J connectivity index is 1.36. The number of rotatable bonds is 6. The molecule has 0 unspecified atom stereocenters. The maximum absolute atomic E-state index is 13.6. The van der Waals surface area contributed by atoms with Crippen LogP contribution in [0.4, 0.5) is 0 Å². The van der Waals surface area contributed by atoms with Crippen LogP contribution >= 0.6 is 10.6 Å². The summed E-state index contributed by atoms with van der Waals surface area (Å²) in [5.41, 5.74) is 1.29. The Hall–Kier alpha value is -2.78. The second-order valence-corrected chi connectivity index (χ2v) is 16.5. The maximum atomic E-state index is 13.6. The lowest BCUT2D eigenvalue weighted by molar-refractivity contribution is 0.0696. The number of nitrogens with one attached hydrogen (secondary N) is 1. The van der Waals surface area contributed by atoms with E-state index in [0.29, 0.717) is 16.0 Å². The molecule has 0 saturated carbocycles. The van der Waals surface area contributed by atoms with Crippen molar-refractivity contribution < 1.29 is 35.8 Å². The molecule has 13 heteroatoms. The van der Waals surface area contributed by atoms with E-state index >= 15 is 0 Å². The summed E-state index contributed by atoms with van der Waals surface area (Å²) in [6.45, 7) is 5.75. The Morgan fingerprint density at radius 3 is 2.15 bits per heavy atom. The highest BCUT2D eigenvalue weighted by molar-refractivity contribution is 8.24. The van der Waals surface area contributed by atoms with E-state index in [1.807, 2.05) is 26.0 Å². The van der Waals surface area contributed by atoms with Crippen LogP contribution in [0.15, 0.2) is 80.2 Å². The molecule has 1 fully saturated rings. The summed E-state index contributed by atoms with van der Waals surface area (Å²) in [4.78, 5) is 11.6. The van der Waals surface area contributed by atoms with Crippen molar-refractivity contribution >= 4 is 36.6 Å². The fourth-order valence-electron chi connectivity index (χ4n) is 5.59. The van der Waals surface area contributed by atoms with Gasteiger partial charge >= 0.3 is 5.97 Å². The topological polar surface area (TPSA) is 161 Å². The number of carboxylic acid groups (broad SMARTS) is 1. The molecule has 3 aromatic carbocycles. The van der Waals surface area contributed by atoms with Crippen LogP contribution in [0, 0.1) is 6.92 Å². The molecular formula is C28H32N2O8S3. The predicted octanol–water partition coefficient (Wildman–Crippen LogP) is 4.63. The number of fused-ring (bicyclic) bond motifs is 2. The molecule has 1 saturated heterocycles. The molecule has 0 aliphatic carbocycles. The molecule has 10 nitrogen and oxygen atoms in total. The number of benzene rings is 3. The first-order chi connectivity index (χ1) is 19.1. The standard InChI is InChI=1S/C28H32N2O8S3/c1-18-16-23-26(39(33,34)24-7-5-4-6-22(24)28(23,2)3)17-25(18)40(35,36)29-20-12-14-30(15-13-20)41(37,38)21-10-8-19(9-11-21)27(31)32/h4-11,16-17,20,29,33-34H,12-15H2,1-3H3,(H,31,32). The molecule has 0 amide bonds. The Morgan fingerprint density at radius 2 is 1.54 bits per heavy atom. The van der Waals surface area contributed by atoms with Gasteiger partial charge in [0.2, 0.25) is 20.0 Å². The molecule has 0 bridgehead atoms. The summed E-state index contributed by atoms with van der Waals surface area (Å²) >= 11 is 0. The average molecular weight is 621 g/mol. The van der Waals surface area contributed by atoms with E-state index in [2.05, 4.69) is 4.72 Å². The fourth-order valence-corrected chi connectivity index (χ4v) is 10.7. The Morgan fingerprint density at radius 1 is 0.927 bits per heavy atom. The van der Waals surface area contributed by atoms with Gasteiger partial charge in [0.05, 0.1) is 25.1 Å². The summed E-state index contributed by atoms with van der Waals surface area (Å²) in [6, 6.07) is 14.6. The molecule has 2 aliphatic rings. The largest absolute Gasteiger partial charge is 0.478 e. The van der Waals surface area contributed by atoms with Gasteiger partial charge in [-0.3, -0.25) is 9.11 Å². The number of hydrogen-bond acceptors (Lipinski definition) is 7. The normalized spacial score (nSPS) is 19.6. The Bertz CT molecular complexity index is 1740. The third-order valence-electron chi connectivity index (χ3n) is 7.93. The summed E-state index contributed by atoms with van der Waals surface area (Å²) in [7, 11) is -11.4. The van der Waals surface area contributed by atoms with Gasteiger partial charge in [0.15, 0.2) is 0 Å². The lowest BCUT2D eigenvalue weighted by atomic mass is 9.77. The van der Waals surface area contributed by atoms with E-state index in [-0.39, 0.29) is 46.2 Å². The average Bonchev–Trinajstić information content (AvgIpc) is 2.92. The monoisotopic (exact) mass is 620 g/mol. The summed E-state index contributed by atoms with van der Waals surface area (Å²) < 4.78 is 79.8. The summed E-state index contributed by atoms with van der Waals surface area (Å²) in [6.07, 6.45) is 0.455. The van der Waals surface area contributed by atoms with Crippen LogP contribution in [0.2, 0.25) is 0 Å². The van der Waals surface area contributed by atoms with E-state index in [1.54, 1.807) is 25.1 Å². The van der Waals surface area contributed by atoms with Crippen LogP contribution in [0.3, 0.4) is 0 Å². The Labute approximate surface area is 241 Å². The Kier molecular flexibility index (Phi) is 7.38. The van der Waals surface area contributed by atoms with Crippen LogP contribution < -0.4 is 4.72 Å². The first-order valence-corrected chi connectivity index (χ1v) is 17.4. The van der Waals surface area contributed by atoms with Gasteiger partial charge in [-0.1, -0.05) is 38.1 Å². The van der Waals surface area contributed by atoms with Crippen LogP contribution in [0.25, 0.3) is 0 Å². The number of piperidine rings is 1. The molecule has 41 heavy (non-hydrogen) atoms. The van der Waals surface area contributed by atoms with Crippen LogP contribution in [0.5, 0.6) is 0 Å². The lowest BCUT2D eigenvalue weighted by Crippen LogP contribution is -2.46. The van der Waals surface area contributed by atoms with Gasteiger partial charge in [-0.15, -0.1) is 10.6 Å². The number of hydrogen-bond donors (Lipinski definition) is 4. The van der Waals surface area contributed by atoms with E-state index in [4.69, 9.17) is 5.11 Å². The molecule has 0 aromatic heterocycles. The number of sulfonamides is 2. The van der Waals surface area contributed by atoms with Crippen molar-refractivity contribution in [1.29, 1.82) is 0 Å². The molecule has 4 N–H and O–H groups in total. The van der Waals surface area contributed by atoms with Crippen molar-refractivity contribution in [2.75, 3.05) is 13.1 Å². The van der Waals surface area contributed by atoms with Crippen molar-refractivity contribution in [2.24, 2.45) is 0 Å². The fraction of sp³-hybridized carbons (Fsp3) is 0.321. The number of aromatic carboxylic acids is 1. The highest BCUT2D eigenvalue weighted by Crippen LogP contribution is 2.65. The predicted molar refractivity (Wildman–Crippen MR) is 155 cm³/mol. The van der Waals surface area contributed by atoms with Gasteiger partial charge in [-0.25, -0.2) is 26.4 Å². The smallest absolute Gasteiger partial charge is 0.335 e. The molecule has 5 rings (SSSR count). The highest BCUT2D eigenvalue weighted by atomic mass is 32.3. The zero-order valence-electron chi connectivity index (χ0n) is 22.7. The van der Waals surface area contributed by atoms with Gasteiger partial charge in [0, 0.05) is 24.5 Å². The first kappa shape index (κ1) is 29.7. The van der Waals surface area contributed by atoms with Gasteiger partial charge in [0.1, 0.15) is 0 Å². The van der Waals surface area contributed by atoms with Crippen LogP contribution in [0.1, 0.15) is 53.7 Å². The first-order valence-electron chi connectivity index (χ1n) is 13.0. The molecule has 0 spiro atoms. The molecule has 2 heterocycles.